The number of alkyl halides is 1. The van der Waals surface area contributed by atoms with Crippen molar-refractivity contribution in [2.45, 2.75) is 26.9 Å². The number of aryl methyl sites for hydroxylation is 3. The molecule has 0 aliphatic rings. The van der Waals surface area contributed by atoms with Crippen molar-refractivity contribution in [3.05, 3.63) is 58.8 Å². The Morgan fingerprint density at radius 2 is 2.05 bits per heavy atom. The number of fused-ring (bicyclic) bond motifs is 1. The zero-order valence-electron chi connectivity index (χ0n) is 12.7. The Kier molecular flexibility index (Phi) is 4.48. The fourth-order valence-corrected chi connectivity index (χ4v) is 2.93. The van der Waals surface area contributed by atoms with Crippen molar-refractivity contribution in [3.63, 3.8) is 0 Å². The molecule has 3 nitrogen and oxygen atoms in total. The molecule has 0 spiro atoms. The number of ether oxygens (including phenoxy) is 1. The van der Waals surface area contributed by atoms with Gasteiger partial charge in [0.05, 0.1) is 5.69 Å². The first-order chi connectivity index (χ1) is 10.7. The number of halogens is 1. The van der Waals surface area contributed by atoms with E-state index < -0.39 is 0 Å². The Labute approximate surface area is 138 Å². The SMILES string of the molecule is Cc1cccc(COc2ccc3c(CCBr)noc3c2C)c1. The van der Waals surface area contributed by atoms with Crippen molar-refractivity contribution in [3.8, 4) is 5.75 Å². The predicted molar refractivity (Wildman–Crippen MR) is 91.8 cm³/mol. The molecule has 4 heteroatoms. The lowest BCUT2D eigenvalue weighted by molar-refractivity contribution is 0.303. The number of hydrogen-bond donors (Lipinski definition) is 0. The normalized spacial score (nSPS) is 11.0. The number of hydrogen-bond acceptors (Lipinski definition) is 3. The van der Waals surface area contributed by atoms with Crippen LogP contribution in [0, 0.1) is 13.8 Å². The highest BCUT2D eigenvalue weighted by Gasteiger charge is 2.13. The van der Waals surface area contributed by atoms with E-state index in [0.717, 1.165) is 45.3 Å². The highest BCUT2D eigenvalue weighted by atomic mass is 79.9. The molecule has 0 amide bonds. The molecule has 0 saturated heterocycles. The molecule has 3 rings (SSSR count). The van der Waals surface area contributed by atoms with E-state index in [0.29, 0.717) is 6.61 Å². The summed E-state index contributed by atoms with van der Waals surface area (Å²) in [7, 11) is 0. The van der Waals surface area contributed by atoms with Gasteiger partial charge in [-0.2, -0.15) is 0 Å². The maximum atomic E-state index is 5.96. The van der Waals surface area contributed by atoms with Crippen molar-refractivity contribution in [2.75, 3.05) is 5.33 Å². The van der Waals surface area contributed by atoms with Crippen LogP contribution < -0.4 is 4.74 Å². The standard InChI is InChI=1S/C18H18BrNO2/c1-12-4-3-5-14(10-12)11-21-17-7-6-15-16(8-9-19)20-22-18(15)13(17)2/h3-7,10H,8-9,11H2,1-2H3. The van der Waals surface area contributed by atoms with Crippen LogP contribution in [0.15, 0.2) is 40.9 Å². The van der Waals surface area contributed by atoms with Crippen molar-refractivity contribution < 1.29 is 9.26 Å². The number of nitrogens with zero attached hydrogens (tertiary/aromatic N) is 1. The smallest absolute Gasteiger partial charge is 0.173 e. The zero-order chi connectivity index (χ0) is 15.5. The van der Waals surface area contributed by atoms with E-state index in [9.17, 15) is 0 Å². The first-order valence-electron chi connectivity index (χ1n) is 7.31. The van der Waals surface area contributed by atoms with Crippen LogP contribution in [-0.4, -0.2) is 10.5 Å². The van der Waals surface area contributed by atoms with Crippen LogP contribution in [0.25, 0.3) is 11.0 Å². The molecule has 0 saturated carbocycles. The van der Waals surface area contributed by atoms with Crippen molar-refractivity contribution >= 4 is 26.9 Å². The van der Waals surface area contributed by atoms with Crippen LogP contribution in [0.2, 0.25) is 0 Å². The lowest BCUT2D eigenvalue weighted by atomic mass is 10.1. The van der Waals surface area contributed by atoms with Gasteiger partial charge in [-0.25, -0.2) is 0 Å². The average Bonchev–Trinajstić information content (AvgIpc) is 2.91. The zero-order valence-corrected chi connectivity index (χ0v) is 14.3. The second kappa shape index (κ2) is 6.53. The van der Waals surface area contributed by atoms with Gasteiger partial charge in [-0.05, 0) is 31.5 Å². The summed E-state index contributed by atoms with van der Waals surface area (Å²) in [6, 6.07) is 12.4. The monoisotopic (exact) mass is 359 g/mol. The van der Waals surface area contributed by atoms with E-state index in [-0.39, 0.29) is 0 Å². The van der Waals surface area contributed by atoms with Crippen LogP contribution in [0.4, 0.5) is 0 Å². The molecule has 0 aliphatic carbocycles. The molecular weight excluding hydrogens is 342 g/mol. The Morgan fingerprint density at radius 1 is 1.18 bits per heavy atom. The molecule has 3 aromatic rings. The fourth-order valence-electron chi connectivity index (χ4n) is 2.56. The largest absolute Gasteiger partial charge is 0.488 e. The Bertz CT molecular complexity index is 795. The van der Waals surface area contributed by atoms with Gasteiger partial charge in [0.2, 0.25) is 0 Å². The van der Waals surface area contributed by atoms with E-state index in [1.807, 2.05) is 25.1 Å². The second-order valence-electron chi connectivity index (χ2n) is 5.41. The lowest BCUT2D eigenvalue weighted by Crippen LogP contribution is -1.97. The van der Waals surface area contributed by atoms with Gasteiger partial charge in [0.1, 0.15) is 12.4 Å². The Morgan fingerprint density at radius 3 is 2.82 bits per heavy atom. The van der Waals surface area contributed by atoms with E-state index in [1.54, 1.807) is 0 Å². The molecule has 0 N–H and O–H groups in total. The average molecular weight is 360 g/mol. The van der Waals surface area contributed by atoms with Crippen LogP contribution in [0.5, 0.6) is 5.75 Å². The molecule has 0 radical (unpaired) electrons. The minimum atomic E-state index is 0.552. The predicted octanol–water partition coefficient (Wildman–Crippen LogP) is 4.96. The second-order valence-corrected chi connectivity index (χ2v) is 6.20. The first kappa shape index (κ1) is 15.1. The van der Waals surface area contributed by atoms with Crippen molar-refractivity contribution in [2.24, 2.45) is 0 Å². The van der Waals surface area contributed by atoms with Gasteiger partial charge in [0.25, 0.3) is 0 Å². The van der Waals surface area contributed by atoms with Gasteiger partial charge in [0, 0.05) is 22.7 Å². The van der Waals surface area contributed by atoms with Crippen LogP contribution in [0.3, 0.4) is 0 Å². The maximum absolute atomic E-state index is 5.96. The third kappa shape index (κ3) is 3.02. The quantitative estimate of drug-likeness (QED) is 0.603. The summed E-state index contributed by atoms with van der Waals surface area (Å²) < 4.78 is 11.5. The highest BCUT2D eigenvalue weighted by Crippen LogP contribution is 2.30. The summed E-state index contributed by atoms with van der Waals surface area (Å²) in [6.07, 6.45) is 0.857. The highest BCUT2D eigenvalue weighted by molar-refractivity contribution is 9.09. The first-order valence-corrected chi connectivity index (χ1v) is 8.43. The molecular formula is C18H18BrNO2. The van der Waals surface area contributed by atoms with Gasteiger partial charge in [0.15, 0.2) is 5.58 Å². The molecule has 0 aliphatic heterocycles. The van der Waals surface area contributed by atoms with E-state index >= 15 is 0 Å². The van der Waals surface area contributed by atoms with Gasteiger partial charge < -0.3 is 9.26 Å². The van der Waals surface area contributed by atoms with Crippen LogP contribution >= 0.6 is 15.9 Å². The van der Waals surface area contributed by atoms with Gasteiger partial charge in [-0.3, -0.25) is 0 Å². The minimum Gasteiger partial charge on any atom is -0.488 e. The minimum absolute atomic E-state index is 0.552. The lowest BCUT2D eigenvalue weighted by Gasteiger charge is -2.09. The summed E-state index contributed by atoms with van der Waals surface area (Å²) in [4.78, 5) is 0. The molecule has 114 valence electrons. The van der Waals surface area contributed by atoms with E-state index in [1.165, 1.54) is 5.56 Å². The number of aromatic nitrogens is 1. The molecule has 2 aromatic carbocycles. The van der Waals surface area contributed by atoms with Crippen LogP contribution in [0.1, 0.15) is 22.4 Å². The molecule has 0 fully saturated rings. The van der Waals surface area contributed by atoms with E-state index in [4.69, 9.17) is 9.26 Å². The molecule has 22 heavy (non-hydrogen) atoms. The maximum Gasteiger partial charge on any atom is 0.173 e. The fraction of sp³-hybridized carbons (Fsp3) is 0.278. The van der Waals surface area contributed by atoms with Crippen molar-refractivity contribution in [1.29, 1.82) is 0 Å². The number of benzene rings is 2. The van der Waals surface area contributed by atoms with Crippen LogP contribution in [-0.2, 0) is 13.0 Å². The summed E-state index contributed by atoms with van der Waals surface area (Å²) in [5, 5.41) is 6.10. The van der Waals surface area contributed by atoms with Crippen molar-refractivity contribution in [1.82, 2.24) is 5.16 Å². The molecule has 1 heterocycles. The summed E-state index contributed by atoms with van der Waals surface area (Å²) in [5.41, 5.74) is 5.20. The summed E-state index contributed by atoms with van der Waals surface area (Å²) >= 11 is 3.44. The third-order valence-corrected chi connectivity index (χ3v) is 4.12. The molecule has 0 bridgehead atoms. The topological polar surface area (TPSA) is 35.3 Å². The molecule has 1 aromatic heterocycles. The summed E-state index contributed by atoms with van der Waals surface area (Å²) in [5.74, 6) is 0.843. The van der Waals surface area contributed by atoms with Gasteiger partial charge in [-0.1, -0.05) is 50.9 Å². The van der Waals surface area contributed by atoms with E-state index in [2.05, 4.69) is 46.2 Å². The van der Waals surface area contributed by atoms with Gasteiger partial charge in [-0.15, -0.1) is 0 Å². The Balaban J connectivity index is 1.84. The number of rotatable bonds is 5. The third-order valence-electron chi connectivity index (χ3n) is 3.72. The van der Waals surface area contributed by atoms with Gasteiger partial charge >= 0.3 is 0 Å². The molecule has 0 atom stereocenters. The summed E-state index contributed by atoms with van der Waals surface area (Å²) in [6.45, 7) is 4.65. The molecule has 0 unspecified atom stereocenters. The Hall–Kier alpha value is -1.81.